The molecule has 0 aliphatic carbocycles. The van der Waals surface area contributed by atoms with Gasteiger partial charge in [-0.3, -0.25) is 19.2 Å². The van der Waals surface area contributed by atoms with Gasteiger partial charge in [-0.05, 0) is 37.2 Å². The molecule has 1 rings (SSSR count). The highest BCUT2D eigenvalue weighted by atomic mass is 32.2. The van der Waals surface area contributed by atoms with Crippen LogP contribution in [0.2, 0.25) is 0 Å². The van der Waals surface area contributed by atoms with Crippen LogP contribution in [0.15, 0.2) is 12.5 Å². The molecule has 0 aliphatic heterocycles. The third kappa shape index (κ3) is 11.5. The van der Waals surface area contributed by atoms with Gasteiger partial charge in [0.2, 0.25) is 17.7 Å². The molecule has 3 amide bonds. The van der Waals surface area contributed by atoms with Crippen molar-refractivity contribution in [3.05, 3.63) is 18.2 Å². The lowest BCUT2D eigenvalue weighted by Crippen LogP contribution is -2.57. The number of rotatable bonds is 17. The van der Waals surface area contributed by atoms with Gasteiger partial charge in [0.05, 0.1) is 12.4 Å². The molecule has 1 aromatic rings. The monoisotopic (exact) mass is 528 g/mol. The highest BCUT2D eigenvalue weighted by Gasteiger charge is 2.30. The molecule has 0 saturated heterocycles. The smallest absolute Gasteiger partial charge is 0.326 e. The fourth-order valence-corrected chi connectivity index (χ4v) is 3.75. The Morgan fingerprint density at radius 2 is 1.58 bits per heavy atom. The number of aromatic nitrogens is 2. The van der Waals surface area contributed by atoms with E-state index in [0.29, 0.717) is 11.4 Å². The van der Waals surface area contributed by atoms with Crippen LogP contribution in [0.3, 0.4) is 0 Å². The number of nitrogens with one attached hydrogen (secondary N) is 4. The quantitative estimate of drug-likeness (QED) is 0.137. The van der Waals surface area contributed by atoms with Gasteiger partial charge in [-0.2, -0.15) is 11.8 Å². The molecule has 0 aromatic carbocycles. The van der Waals surface area contributed by atoms with Crippen LogP contribution in [-0.2, 0) is 30.4 Å². The lowest BCUT2D eigenvalue weighted by molar-refractivity contribution is -0.143. The minimum absolute atomic E-state index is 0.0319. The number of carbonyl (C=O) groups excluding carboxylic acids is 3. The number of carboxylic acid groups (broad SMARTS) is 2. The maximum Gasteiger partial charge on any atom is 0.326 e. The first-order valence-electron chi connectivity index (χ1n) is 11.5. The van der Waals surface area contributed by atoms with Crippen molar-refractivity contribution in [2.24, 2.45) is 11.7 Å². The second-order valence-corrected chi connectivity index (χ2v) is 9.74. The Bertz CT molecular complexity index is 880. The third-order valence-electron chi connectivity index (χ3n) is 5.18. The predicted octanol–water partition coefficient (Wildman–Crippen LogP) is -0.517. The van der Waals surface area contributed by atoms with E-state index in [4.69, 9.17) is 10.8 Å². The number of hydrogen-bond donors (Lipinski definition) is 7. The van der Waals surface area contributed by atoms with Crippen LogP contribution in [0, 0.1) is 5.92 Å². The fraction of sp³-hybridized carbons (Fsp3) is 0.636. The maximum atomic E-state index is 13.0. The van der Waals surface area contributed by atoms with E-state index in [1.807, 2.05) is 6.26 Å². The van der Waals surface area contributed by atoms with Crippen molar-refractivity contribution >= 4 is 41.4 Å². The molecule has 4 unspecified atom stereocenters. The Kier molecular flexibility index (Phi) is 13.5. The van der Waals surface area contributed by atoms with Crippen molar-refractivity contribution < 1.29 is 34.2 Å². The summed E-state index contributed by atoms with van der Waals surface area (Å²) >= 11 is 1.45. The summed E-state index contributed by atoms with van der Waals surface area (Å²) in [6.07, 6.45) is 4.66. The number of thioether (sulfide) groups is 1. The Hall–Kier alpha value is -3.13. The number of imidazole rings is 1. The normalized spacial score (nSPS) is 14.4. The molecule has 13 nitrogen and oxygen atoms in total. The predicted molar refractivity (Wildman–Crippen MR) is 133 cm³/mol. The number of carboxylic acids is 2. The minimum atomic E-state index is -1.31. The SMILES string of the molecule is CSCCC(NC(=O)C(N)Cc1cnc[nH]1)C(=O)NC(CCC(=O)O)C(=O)NC(CC(C)C)C(=O)O. The number of hydrogen-bond acceptors (Lipinski definition) is 8. The van der Waals surface area contributed by atoms with Crippen LogP contribution in [0.1, 0.15) is 45.2 Å². The van der Waals surface area contributed by atoms with Gasteiger partial charge in [0.1, 0.15) is 18.1 Å². The number of aromatic amines is 1. The van der Waals surface area contributed by atoms with Crippen LogP contribution < -0.4 is 21.7 Å². The number of nitrogens with two attached hydrogens (primary N) is 1. The summed E-state index contributed by atoms with van der Waals surface area (Å²) in [7, 11) is 0. The van der Waals surface area contributed by atoms with E-state index < -0.39 is 60.2 Å². The molecule has 1 heterocycles. The second kappa shape index (κ2) is 15.8. The molecular formula is C22H36N6O7S. The highest BCUT2D eigenvalue weighted by molar-refractivity contribution is 7.98. The van der Waals surface area contributed by atoms with Gasteiger partial charge >= 0.3 is 11.9 Å². The first-order valence-corrected chi connectivity index (χ1v) is 12.9. The number of H-pyrrole nitrogens is 1. The summed E-state index contributed by atoms with van der Waals surface area (Å²) in [5.74, 6) is -4.05. The number of nitrogens with zero attached hydrogens (tertiary/aromatic N) is 1. The molecule has 36 heavy (non-hydrogen) atoms. The van der Waals surface area contributed by atoms with E-state index in [1.165, 1.54) is 24.3 Å². The number of aliphatic carboxylic acids is 2. The summed E-state index contributed by atoms with van der Waals surface area (Å²) < 4.78 is 0. The van der Waals surface area contributed by atoms with Crippen molar-refractivity contribution in [2.75, 3.05) is 12.0 Å². The van der Waals surface area contributed by atoms with E-state index in [1.54, 1.807) is 13.8 Å². The zero-order chi connectivity index (χ0) is 27.3. The zero-order valence-corrected chi connectivity index (χ0v) is 21.5. The minimum Gasteiger partial charge on any atom is -0.481 e. The molecule has 8 N–H and O–H groups in total. The Balaban J connectivity index is 2.95. The van der Waals surface area contributed by atoms with Crippen molar-refractivity contribution in [1.82, 2.24) is 25.9 Å². The molecule has 0 radical (unpaired) electrons. The van der Waals surface area contributed by atoms with Crippen LogP contribution in [0.5, 0.6) is 0 Å². The Morgan fingerprint density at radius 1 is 1.00 bits per heavy atom. The molecule has 1 aromatic heterocycles. The van der Waals surface area contributed by atoms with Gasteiger partial charge in [0.25, 0.3) is 0 Å². The van der Waals surface area contributed by atoms with Crippen molar-refractivity contribution in [2.45, 2.75) is 70.1 Å². The second-order valence-electron chi connectivity index (χ2n) is 8.75. The zero-order valence-electron chi connectivity index (χ0n) is 20.7. The summed E-state index contributed by atoms with van der Waals surface area (Å²) in [5, 5.41) is 25.9. The van der Waals surface area contributed by atoms with E-state index in [9.17, 15) is 29.1 Å². The lowest BCUT2D eigenvalue weighted by Gasteiger charge is -2.25. The number of amides is 3. The molecule has 0 aliphatic rings. The highest BCUT2D eigenvalue weighted by Crippen LogP contribution is 2.08. The molecular weight excluding hydrogens is 492 g/mol. The number of carbonyl (C=O) groups is 5. The molecule has 4 atom stereocenters. The van der Waals surface area contributed by atoms with Gasteiger partial charge < -0.3 is 36.9 Å². The molecule has 0 bridgehead atoms. The van der Waals surface area contributed by atoms with Crippen LogP contribution in [0.4, 0.5) is 0 Å². The largest absolute Gasteiger partial charge is 0.481 e. The van der Waals surface area contributed by atoms with E-state index in [0.717, 1.165) is 0 Å². The van der Waals surface area contributed by atoms with E-state index >= 15 is 0 Å². The van der Waals surface area contributed by atoms with Gasteiger partial charge in [-0.1, -0.05) is 13.8 Å². The van der Waals surface area contributed by atoms with E-state index in [2.05, 4.69) is 25.9 Å². The average Bonchev–Trinajstić information content (AvgIpc) is 3.30. The topological polar surface area (TPSA) is 217 Å². The van der Waals surface area contributed by atoms with Gasteiger partial charge in [0.15, 0.2) is 0 Å². The molecule has 0 fully saturated rings. The van der Waals surface area contributed by atoms with Gasteiger partial charge in [-0.25, -0.2) is 9.78 Å². The Labute approximate surface area is 213 Å². The van der Waals surface area contributed by atoms with Crippen molar-refractivity contribution in [1.29, 1.82) is 0 Å². The van der Waals surface area contributed by atoms with Crippen LogP contribution in [0.25, 0.3) is 0 Å². The first-order chi connectivity index (χ1) is 16.9. The molecule has 0 spiro atoms. The maximum absolute atomic E-state index is 13.0. The molecule has 0 saturated carbocycles. The average molecular weight is 529 g/mol. The third-order valence-corrected chi connectivity index (χ3v) is 5.82. The summed E-state index contributed by atoms with van der Waals surface area (Å²) in [6, 6.07) is -4.51. The van der Waals surface area contributed by atoms with Gasteiger partial charge in [-0.15, -0.1) is 0 Å². The first kappa shape index (κ1) is 30.9. The Morgan fingerprint density at radius 3 is 2.08 bits per heavy atom. The fourth-order valence-electron chi connectivity index (χ4n) is 3.28. The van der Waals surface area contributed by atoms with Gasteiger partial charge in [0, 0.05) is 24.7 Å². The van der Waals surface area contributed by atoms with Crippen LogP contribution >= 0.6 is 11.8 Å². The van der Waals surface area contributed by atoms with Crippen LogP contribution in [-0.4, -0.2) is 86.0 Å². The summed E-state index contributed by atoms with van der Waals surface area (Å²) in [5.41, 5.74) is 6.60. The lowest BCUT2D eigenvalue weighted by atomic mass is 10.0. The molecule has 202 valence electrons. The molecule has 14 heteroatoms. The van der Waals surface area contributed by atoms with Crippen molar-refractivity contribution in [3.8, 4) is 0 Å². The summed E-state index contributed by atoms with van der Waals surface area (Å²) in [4.78, 5) is 67.8. The van der Waals surface area contributed by atoms with E-state index in [-0.39, 0.29) is 31.6 Å². The van der Waals surface area contributed by atoms with Crippen molar-refractivity contribution in [3.63, 3.8) is 0 Å². The summed E-state index contributed by atoms with van der Waals surface area (Å²) in [6.45, 7) is 3.59. The standard InChI is InChI=1S/C22H36N6O7S/c1-12(2)8-17(22(34)35)28-20(32)15(4-5-18(29)30)27-21(33)16(6-7-36-3)26-19(31)14(23)9-13-10-24-11-25-13/h10-12,14-17H,4-9,23H2,1-3H3,(H,24,25)(H,26,31)(H,27,33)(H,28,32)(H,29,30)(H,34,35).